The lowest BCUT2D eigenvalue weighted by Crippen LogP contribution is -2.39. The average Bonchev–Trinajstić information content (AvgIpc) is 3.36. The van der Waals surface area contributed by atoms with E-state index in [0.29, 0.717) is 34.1 Å². The van der Waals surface area contributed by atoms with Crippen LogP contribution in [0.15, 0.2) is 47.0 Å². The highest BCUT2D eigenvalue weighted by Gasteiger charge is 2.40. The van der Waals surface area contributed by atoms with E-state index in [-0.39, 0.29) is 31.3 Å². The minimum Gasteiger partial charge on any atom is -0.480 e. The molecule has 0 saturated carbocycles. The minimum absolute atomic E-state index is 0.127. The number of amides is 1. The number of hydrogen-bond donors (Lipinski definition) is 3. The van der Waals surface area contributed by atoms with Crippen molar-refractivity contribution in [1.82, 2.24) is 20.3 Å². The number of fused-ring (bicyclic) bond motifs is 3. The first-order chi connectivity index (χ1) is 15.9. The Labute approximate surface area is 188 Å². The predicted molar refractivity (Wildman–Crippen MR) is 122 cm³/mol. The fourth-order valence-electron chi connectivity index (χ4n) is 4.29. The van der Waals surface area contributed by atoms with Gasteiger partial charge in [0.15, 0.2) is 11.4 Å². The van der Waals surface area contributed by atoms with E-state index in [1.54, 1.807) is 30.2 Å². The van der Waals surface area contributed by atoms with Crippen LogP contribution in [0.2, 0.25) is 0 Å². The molecule has 0 radical (unpaired) electrons. The fourth-order valence-corrected chi connectivity index (χ4v) is 4.29. The van der Waals surface area contributed by atoms with Gasteiger partial charge in [-0.05, 0) is 30.7 Å². The van der Waals surface area contributed by atoms with Crippen LogP contribution in [0.5, 0.6) is 0 Å². The Hall–Kier alpha value is -4.21. The van der Waals surface area contributed by atoms with Gasteiger partial charge in [-0.25, -0.2) is 19.7 Å². The number of aromatic nitrogens is 3. The Morgan fingerprint density at radius 2 is 2.06 bits per heavy atom. The maximum absolute atomic E-state index is 12.6. The van der Waals surface area contributed by atoms with Crippen molar-refractivity contribution in [2.75, 3.05) is 17.2 Å². The molecule has 1 aliphatic rings. The van der Waals surface area contributed by atoms with Crippen LogP contribution in [0.4, 0.5) is 11.6 Å². The zero-order valence-corrected chi connectivity index (χ0v) is 17.9. The van der Waals surface area contributed by atoms with Crippen molar-refractivity contribution in [2.24, 2.45) is 0 Å². The van der Waals surface area contributed by atoms with Crippen molar-refractivity contribution >= 4 is 45.6 Å². The Bertz CT molecular complexity index is 1370. The average molecular weight is 446 g/mol. The van der Waals surface area contributed by atoms with Gasteiger partial charge in [-0.3, -0.25) is 4.79 Å². The largest absolute Gasteiger partial charge is 0.480 e. The molecular formula is C23H22N6O4. The summed E-state index contributed by atoms with van der Waals surface area (Å²) < 4.78 is 6.02. The van der Waals surface area contributed by atoms with Gasteiger partial charge in [0.25, 0.3) is 0 Å². The number of carbonyl (C=O) groups is 2. The third-order valence-corrected chi connectivity index (χ3v) is 5.75. The molecule has 33 heavy (non-hydrogen) atoms. The zero-order valence-electron chi connectivity index (χ0n) is 17.9. The molecule has 1 aliphatic heterocycles. The normalized spacial score (nSPS) is 18.2. The van der Waals surface area contributed by atoms with Gasteiger partial charge in [-0.2, -0.15) is 0 Å². The molecule has 4 aromatic rings. The number of nitrogens with zero attached hydrogens (tertiary/aromatic N) is 4. The number of furan rings is 1. The number of aryl methyl sites for hydroxylation is 1. The van der Waals surface area contributed by atoms with Crippen LogP contribution in [0.3, 0.4) is 0 Å². The van der Waals surface area contributed by atoms with Crippen molar-refractivity contribution in [3.8, 4) is 0 Å². The molecule has 1 aromatic carbocycles. The molecule has 2 atom stereocenters. The second-order valence-electron chi connectivity index (χ2n) is 8.15. The van der Waals surface area contributed by atoms with Crippen LogP contribution in [-0.4, -0.2) is 50.6 Å². The van der Waals surface area contributed by atoms with Crippen LogP contribution in [0.1, 0.15) is 17.8 Å². The topological polar surface area (TPSA) is 147 Å². The summed E-state index contributed by atoms with van der Waals surface area (Å²) in [5, 5.41) is 13.7. The Kier molecular flexibility index (Phi) is 5.04. The fraction of sp³-hybridized carbons (Fsp3) is 0.261. The lowest BCUT2D eigenvalue weighted by atomic mass is 10.1. The van der Waals surface area contributed by atoms with Gasteiger partial charge in [0.05, 0.1) is 6.42 Å². The number of rotatable bonds is 5. The SMILES string of the molecule is Cc1nc(N2CC(NC(=O)Cc3ccc(N)nc3)CC2C(=O)O)c2oc3ccccc3c2n1. The van der Waals surface area contributed by atoms with Crippen molar-refractivity contribution in [3.05, 3.63) is 54.0 Å². The highest BCUT2D eigenvalue weighted by atomic mass is 16.4. The number of aliphatic carboxylic acids is 1. The van der Waals surface area contributed by atoms with E-state index in [1.807, 2.05) is 24.3 Å². The molecule has 1 saturated heterocycles. The third-order valence-electron chi connectivity index (χ3n) is 5.75. The molecule has 10 heteroatoms. The van der Waals surface area contributed by atoms with Gasteiger partial charge >= 0.3 is 5.97 Å². The maximum Gasteiger partial charge on any atom is 0.326 e. The minimum atomic E-state index is -0.991. The number of benzene rings is 1. The van der Waals surface area contributed by atoms with E-state index in [4.69, 9.17) is 10.2 Å². The van der Waals surface area contributed by atoms with E-state index in [9.17, 15) is 14.7 Å². The van der Waals surface area contributed by atoms with Gasteiger partial charge in [-0.1, -0.05) is 18.2 Å². The van der Waals surface area contributed by atoms with Gasteiger partial charge < -0.3 is 25.5 Å². The summed E-state index contributed by atoms with van der Waals surface area (Å²) in [7, 11) is 0. The summed E-state index contributed by atoms with van der Waals surface area (Å²) in [6.45, 7) is 2.04. The van der Waals surface area contributed by atoms with Gasteiger partial charge in [0.2, 0.25) is 5.91 Å². The summed E-state index contributed by atoms with van der Waals surface area (Å²) in [6, 6.07) is 9.65. The standard InChI is InChI=1S/C23H22N6O4/c1-12-26-20-15-4-2-3-5-17(15)33-21(20)22(27-12)29-11-14(9-16(29)23(31)32)28-19(30)8-13-6-7-18(24)25-10-13/h2-7,10,14,16H,8-9,11H2,1H3,(H2,24,25)(H,28,30)(H,31,32). The number of para-hydroxylation sites is 1. The number of carboxylic acid groups (broad SMARTS) is 1. The highest BCUT2D eigenvalue weighted by molar-refractivity contribution is 6.06. The molecule has 0 aliphatic carbocycles. The van der Waals surface area contributed by atoms with Crippen molar-refractivity contribution in [2.45, 2.75) is 31.8 Å². The van der Waals surface area contributed by atoms with Gasteiger partial charge in [-0.15, -0.1) is 0 Å². The molecule has 0 spiro atoms. The van der Waals surface area contributed by atoms with Crippen molar-refractivity contribution in [3.63, 3.8) is 0 Å². The smallest absolute Gasteiger partial charge is 0.326 e. The number of nitrogens with two attached hydrogens (primary N) is 1. The van der Waals surface area contributed by atoms with Crippen LogP contribution in [-0.2, 0) is 16.0 Å². The summed E-state index contributed by atoms with van der Waals surface area (Å²) in [6.07, 6.45) is 1.92. The molecular weight excluding hydrogens is 424 g/mol. The molecule has 4 heterocycles. The Morgan fingerprint density at radius 1 is 1.24 bits per heavy atom. The van der Waals surface area contributed by atoms with E-state index in [2.05, 4.69) is 20.3 Å². The summed E-state index contributed by atoms with van der Waals surface area (Å²) in [5.41, 5.74) is 8.04. The first kappa shape index (κ1) is 20.7. The second-order valence-corrected chi connectivity index (χ2v) is 8.15. The molecule has 5 rings (SSSR count). The molecule has 4 N–H and O–H groups in total. The number of carboxylic acids is 1. The Balaban J connectivity index is 1.43. The number of nitrogen functional groups attached to an aromatic ring is 1. The molecule has 168 valence electrons. The number of nitrogens with one attached hydrogen (secondary N) is 1. The van der Waals surface area contributed by atoms with E-state index < -0.39 is 12.0 Å². The van der Waals surface area contributed by atoms with Crippen molar-refractivity contribution in [1.29, 1.82) is 0 Å². The van der Waals surface area contributed by atoms with Crippen molar-refractivity contribution < 1.29 is 19.1 Å². The third kappa shape index (κ3) is 3.91. The van der Waals surface area contributed by atoms with Crippen LogP contribution in [0.25, 0.3) is 22.1 Å². The second kappa shape index (κ2) is 8.05. The molecule has 1 fully saturated rings. The van der Waals surface area contributed by atoms with Gasteiger partial charge in [0.1, 0.15) is 28.8 Å². The van der Waals surface area contributed by atoms with E-state index >= 15 is 0 Å². The molecule has 2 unspecified atom stereocenters. The van der Waals surface area contributed by atoms with E-state index in [0.717, 1.165) is 10.9 Å². The summed E-state index contributed by atoms with van der Waals surface area (Å²) >= 11 is 0. The lowest BCUT2D eigenvalue weighted by Gasteiger charge is -2.22. The molecule has 10 nitrogen and oxygen atoms in total. The maximum atomic E-state index is 12.6. The lowest BCUT2D eigenvalue weighted by molar-refractivity contribution is -0.138. The number of carbonyl (C=O) groups excluding carboxylic acids is 1. The van der Waals surface area contributed by atoms with E-state index in [1.165, 1.54) is 0 Å². The quantitative estimate of drug-likeness (QED) is 0.419. The van der Waals surface area contributed by atoms with Crippen LogP contribution >= 0.6 is 0 Å². The van der Waals surface area contributed by atoms with Crippen LogP contribution < -0.4 is 16.0 Å². The van der Waals surface area contributed by atoms with Gasteiger partial charge in [0, 0.05) is 30.6 Å². The molecule has 0 bridgehead atoms. The first-order valence-corrected chi connectivity index (χ1v) is 10.5. The monoisotopic (exact) mass is 446 g/mol. The first-order valence-electron chi connectivity index (χ1n) is 10.5. The zero-order chi connectivity index (χ0) is 23.1. The summed E-state index contributed by atoms with van der Waals surface area (Å²) in [5.74, 6) is 0.101. The predicted octanol–water partition coefficient (Wildman–Crippen LogP) is 2.05. The Morgan fingerprint density at radius 3 is 2.82 bits per heavy atom. The van der Waals surface area contributed by atoms with Crippen LogP contribution in [0, 0.1) is 6.92 Å². The molecule has 1 amide bonds. The molecule has 3 aromatic heterocycles. The highest BCUT2D eigenvalue weighted by Crippen LogP contribution is 2.35. The summed E-state index contributed by atoms with van der Waals surface area (Å²) in [4.78, 5) is 39.4. The number of pyridine rings is 1. The number of hydrogen-bond acceptors (Lipinski definition) is 8. The number of anilines is 2.